The number of rotatable bonds is 5. The van der Waals surface area contributed by atoms with E-state index in [1.165, 1.54) is 11.8 Å². The van der Waals surface area contributed by atoms with Crippen LogP contribution in [-0.2, 0) is 4.79 Å². The molecule has 0 saturated carbocycles. The van der Waals surface area contributed by atoms with E-state index >= 15 is 0 Å². The summed E-state index contributed by atoms with van der Waals surface area (Å²) in [6, 6.07) is 5.44. The number of aromatic amines is 1. The van der Waals surface area contributed by atoms with Gasteiger partial charge in [0.2, 0.25) is 0 Å². The fourth-order valence-corrected chi connectivity index (χ4v) is 5.07. The molecule has 8 heteroatoms. The first kappa shape index (κ1) is 21.5. The summed E-state index contributed by atoms with van der Waals surface area (Å²) in [6.07, 6.45) is 1.11. The van der Waals surface area contributed by atoms with Gasteiger partial charge in [0, 0.05) is 23.3 Å². The molecule has 1 aromatic carbocycles. The summed E-state index contributed by atoms with van der Waals surface area (Å²) in [5.41, 5.74) is 2.15. The first-order valence-electron chi connectivity index (χ1n) is 10.3. The molecule has 4 rings (SSSR count). The van der Waals surface area contributed by atoms with E-state index in [0.29, 0.717) is 52.0 Å². The molecule has 1 atom stereocenters. The van der Waals surface area contributed by atoms with E-state index in [0.717, 1.165) is 11.4 Å². The van der Waals surface area contributed by atoms with Crippen molar-refractivity contribution in [1.29, 1.82) is 0 Å². The van der Waals surface area contributed by atoms with E-state index in [1.54, 1.807) is 26.4 Å². The highest BCUT2D eigenvalue weighted by Gasteiger charge is 2.43. The number of carbonyl (C=O) groups excluding carboxylic acids is 1. The number of allylic oxidation sites excluding steroid dienone is 2. The predicted octanol–water partition coefficient (Wildman–Crippen LogP) is 4.10. The second kappa shape index (κ2) is 8.07. The third-order valence-corrected chi connectivity index (χ3v) is 6.48. The Labute approximate surface area is 185 Å². The van der Waals surface area contributed by atoms with Crippen LogP contribution in [0, 0.1) is 5.41 Å². The molecule has 1 unspecified atom stereocenters. The first-order valence-corrected chi connectivity index (χ1v) is 11.3. The number of fused-ring (bicyclic) bond motifs is 1. The molecule has 164 valence electrons. The number of carbonyl (C=O) groups is 1. The molecule has 31 heavy (non-hydrogen) atoms. The van der Waals surface area contributed by atoms with Crippen LogP contribution in [0.4, 0.5) is 5.82 Å². The summed E-state index contributed by atoms with van der Waals surface area (Å²) in [5, 5.41) is 3.89. The van der Waals surface area contributed by atoms with Crippen LogP contribution in [0.2, 0.25) is 0 Å². The molecule has 2 aromatic rings. The summed E-state index contributed by atoms with van der Waals surface area (Å²) in [6.45, 7) is 6.16. The minimum absolute atomic E-state index is 0.0330. The minimum Gasteiger partial charge on any atom is -0.497 e. The Morgan fingerprint density at radius 2 is 1.97 bits per heavy atom. The quantitative estimate of drug-likeness (QED) is 0.533. The van der Waals surface area contributed by atoms with Gasteiger partial charge in [-0.3, -0.25) is 9.59 Å². The number of hydrogen-bond donors (Lipinski definition) is 2. The van der Waals surface area contributed by atoms with Crippen LogP contribution in [0.25, 0.3) is 0 Å². The Kier molecular flexibility index (Phi) is 5.60. The smallest absolute Gasteiger partial charge is 0.257 e. The summed E-state index contributed by atoms with van der Waals surface area (Å²) in [5.74, 6) is 1.95. The molecule has 7 nitrogen and oxygen atoms in total. The van der Waals surface area contributed by atoms with Crippen LogP contribution in [0.3, 0.4) is 0 Å². The molecular formula is C23H27N3O4S. The molecule has 0 saturated heterocycles. The van der Waals surface area contributed by atoms with Crippen molar-refractivity contribution in [2.45, 2.75) is 44.7 Å². The number of ketones is 1. The van der Waals surface area contributed by atoms with Gasteiger partial charge in [-0.25, -0.2) is 4.98 Å². The summed E-state index contributed by atoms with van der Waals surface area (Å²) in [4.78, 5) is 34.2. The van der Waals surface area contributed by atoms with Gasteiger partial charge in [0.05, 0.1) is 25.7 Å². The number of methoxy groups -OCH3 is 2. The van der Waals surface area contributed by atoms with Gasteiger partial charge in [-0.15, -0.1) is 0 Å². The molecule has 2 heterocycles. The van der Waals surface area contributed by atoms with Gasteiger partial charge in [-0.05, 0) is 35.8 Å². The second-order valence-electron chi connectivity index (χ2n) is 8.57. The van der Waals surface area contributed by atoms with Crippen molar-refractivity contribution in [2.75, 3.05) is 25.3 Å². The number of ether oxygens (including phenoxy) is 2. The lowest BCUT2D eigenvalue weighted by Crippen LogP contribution is -2.37. The van der Waals surface area contributed by atoms with Crippen LogP contribution >= 0.6 is 11.8 Å². The fourth-order valence-electron chi connectivity index (χ4n) is 4.47. The van der Waals surface area contributed by atoms with E-state index in [9.17, 15) is 9.59 Å². The van der Waals surface area contributed by atoms with E-state index in [-0.39, 0.29) is 16.8 Å². The molecule has 0 amide bonds. The van der Waals surface area contributed by atoms with Crippen LogP contribution in [0.15, 0.2) is 39.4 Å². The Morgan fingerprint density at radius 3 is 2.65 bits per heavy atom. The zero-order valence-corrected chi connectivity index (χ0v) is 19.2. The number of benzene rings is 1. The zero-order chi connectivity index (χ0) is 22.3. The normalized spacial score (nSPS) is 19.4. The number of Topliss-reactive ketones (excluding diaryl/α,β-unsaturated/α-hetero) is 1. The van der Waals surface area contributed by atoms with Crippen molar-refractivity contribution in [3.8, 4) is 11.5 Å². The summed E-state index contributed by atoms with van der Waals surface area (Å²) < 4.78 is 11.1. The lowest BCUT2D eigenvalue weighted by Gasteiger charge is -2.38. The number of aromatic nitrogens is 2. The van der Waals surface area contributed by atoms with Gasteiger partial charge in [0.1, 0.15) is 17.3 Å². The Bertz CT molecular complexity index is 1140. The number of H-pyrrole nitrogens is 1. The monoisotopic (exact) mass is 441 g/mol. The Morgan fingerprint density at radius 1 is 1.19 bits per heavy atom. The van der Waals surface area contributed by atoms with Gasteiger partial charge >= 0.3 is 0 Å². The summed E-state index contributed by atoms with van der Waals surface area (Å²) >= 11 is 1.47. The van der Waals surface area contributed by atoms with Crippen LogP contribution < -0.4 is 20.3 Å². The maximum atomic E-state index is 13.4. The molecule has 2 aliphatic rings. The topological polar surface area (TPSA) is 93.3 Å². The number of nitrogens with one attached hydrogen (secondary N) is 2. The van der Waals surface area contributed by atoms with E-state index in [1.807, 2.05) is 13.0 Å². The van der Waals surface area contributed by atoms with Gasteiger partial charge in [0.25, 0.3) is 5.56 Å². The standard InChI is InChI=1S/C23H27N3O4S/c1-6-31-22-25-20-19(21(28)26-22)17(13-9-12(29-4)7-8-16(13)30-5)18-14(24-20)10-23(2,3)11-15(18)27/h7-9,17H,6,10-11H2,1-5H3,(H2,24,25,26,28). The predicted molar refractivity (Wildman–Crippen MR) is 121 cm³/mol. The SMILES string of the molecule is CCSc1nc2c(c(=O)[nH]1)C(c1cc(OC)ccc1OC)C1=C(CC(C)(C)CC1=O)N2. The Balaban J connectivity index is 2.01. The molecule has 0 bridgehead atoms. The highest BCUT2D eigenvalue weighted by molar-refractivity contribution is 7.99. The van der Waals surface area contributed by atoms with Crippen molar-refractivity contribution in [1.82, 2.24) is 9.97 Å². The highest BCUT2D eigenvalue weighted by Crippen LogP contribution is 2.49. The summed E-state index contributed by atoms with van der Waals surface area (Å²) in [7, 11) is 3.17. The lowest BCUT2D eigenvalue weighted by molar-refractivity contribution is -0.118. The van der Waals surface area contributed by atoms with Crippen molar-refractivity contribution >= 4 is 23.4 Å². The van der Waals surface area contributed by atoms with Gasteiger partial charge in [-0.2, -0.15) is 0 Å². The minimum atomic E-state index is -0.586. The maximum absolute atomic E-state index is 13.4. The molecule has 1 aliphatic heterocycles. The number of anilines is 1. The van der Waals surface area contributed by atoms with Crippen molar-refractivity contribution in [2.24, 2.45) is 5.41 Å². The molecule has 2 N–H and O–H groups in total. The third-order valence-electron chi connectivity index (χ3n) is 5.73. The molecule has 0 spiro atoms. The maximum Gasteiger partial charge on any atom is 0.257 e. The van der Waals surface area contributed by atoms with Crippen LogP contribution in [0.1, 0.15) is 50.7 Å². The first-order chi connectivity index (χ1) is 14.8. The van der Waals surface area contributed by atoms with E-state index in [4.69, 9.17) is 9.47 Å². The lowest BCUT2D eigenvalue weighted by atomic mass is 9.69. The highest BCUT2D eigenvalue weighted by atomic mass is 32.2. The molecule has 1 aliphatic carbocycles. The molecular weight excluding hydrogens is 414 g/mol. The number of nitrogens with zero attached hydrogens (tertiary/aromatic N) is 1. The van der Waals surface area contributed by atoms with Gasteiger partial charge in [0.15, 0.2) is 10.9 Å². The average molecular weight is 442 g/mol. The molecule has 0 radical (unpaired) electrons. The van der Waals surface area contributed by atoms with Gasteiger partial charge in [-0.1, -0.05) is 32.5 Å². The van der Waals surface area contributed by atoms with Gasteiger partial charge < -0.3 is 19.8 Å². The van der Waals surface area contributed by atoms with Crippen molar-refractivity contribution < 1.29 is 14.3 Å². The van der Waals surface area contributed by atoms with Crippen LogP contribution in [-0.4, -0.2) is 35.7 Å². The third kappa shape index (κ3) is 3.84. The Hall–Kier alpha value is -2.74. The van der Waals surface area contributed by atoms with Crippen LogP contribution in [0.5, 0.6) is 11.5 Å². The van der Waals surface area contributed by atoms with Crippen molar-refractivity contribution in [3.05, 3.63) is 50.9 Å². The average Bonchev–Trinajstić information content (AvgIpc) is 2.71. The number of thioether (sulfide) groups is 1. The second-order valence-corrected chi connectivity index (χ2v) is 9.82. The van der Waals surface area contributed by atoms with E-state index in [2.05, 4.69) is 29.1 Å². The fraction of sp³-hybridized carbons (Fsp3) is 0.435. The number of hydrogen-bond acceptors (Lipinski definition) is 7. The molecule has 0 fully saturated rings. The van der Waals surface area contributed by atoms with E-state index < -0.39 is 5.92 Å². The molecule has 1 aromatic heterocycles. The zero-order valence-electron chi connectivity index (χ0n) is 18.4. The largest absolute Gasteiger partial charge is 0.497 e. The van der Waals surface area contributed by atoms with Crippen molar-refractivity contribution in [3.63, 3.8) is 0 Å².